The monoisotopic (exact) mass is 238 g/mol. The Labute approximate surface area is 103 Å². The van der Waals surface area contributed by atoms with Gasteiger partial charge in [0, 0.05) is 5.69 Å². The molecule has 0 radical (unpaired) electrons. The van der Waals surface area contributed by atoms with Crippen LogP contribution >= 0.6 is 0 Å². The molecule has 0 aliphatic rings. The van der Waals surface area contributed by atoms with Gasteiger partial charge in [-0.05, 0) is 24.3 Å². The van der Waals surface area contributed by atoms with Crippen molar-refractivity contribution in [3.05, 3.63) is 65.1 Å². The summed E-state index contributed by atoms with van der Waals surface area (Å²) in [5, 5.41) is 3.90. The Bertz CT molecular complexity index is 735. The van der Waals surface area contributed by atoms with Gasteiger partial charge in [0.1, 0.15) is 11.4 Å². The fourth-order valence-electron chi connectivity index (χ4n) is 1.77. The highest BCUT2D eigenvalue weighted by Crippen LogP contribution is 2.22. The van der Waals surface area contributed by atoms with Gasteiger partial charge in [0.25, 0.3) is 0 Å². The standard InChI is InChI=1S/C14H10N2O2/c17-14-16-13(15-10-6-2-1-3-7-10)11-8-4-5-9-12(11)18-14/h1-9H,(H,15,16,17). The summed E-state index contributed by atoms with van der Waals surface area (Å²) in [5.74, 6) is -0.0971. The average Bonchev–Trinajstić information content (AvgIpc) is 2.40. The molecular formula is C14H10N2O2. The summed E-state index contributed by atoms with van der Waals surface area (Å²) in [5.41, 5.74) is 1.40. The third-order valence-electron chi connectivity index (χ3n) is 2.58. The van der Waals surface area contributed by atoms with E-state index in [9.17, 15) is 4.79 Å². The van der Waals surface area contributed by atoms with Crippen molar-refractivity contribution in [2.75, 3.05) is 5.32 Å². The van der Waals surface area contributed by atoms with Gasteiger partial charge in [0.15, 0.2) is 0 Å². The van der Waals surface area contributed by atoms with Crippen LogP contribution in [0.2, 0.25) is 0 Å². The van der Waals surface area contributed by atoms with Gasteiger partial charge < -0.3 is 9.73 Å². The largest absolute Gasteiger partial charge is 0.441 e. The van der Waals surface area contributed by atoms with Crippen molar-refractivity contribution in [1.29, 1.82) is 0 Å². The van der Waals surface area contributed by atoms with E-state index in [1.54, 1.807) is 6.07 Å². The molecule has 18 heavy (non-hydrogen) atoms. The highest BCUT2D eigenvalue weighted by molar-refractivity contribution is 5.89. The molecule has 3 rings (SSSR count). The number of hydrogen-bond donors (Lipinski definition) is 1. The minimum atomic E-state index is -0.605. The fraction of sp³-hybridized carbons (Fsp3) is 0. The first-order chi connectivity index (χ1) is 8.83. The predicted octanol–water partition coefficient (Wildman–Crippen LogP) is 2.93. The molecule has 0 bridgehead atoms. The van der Waals surface area contributed by atoms with Gasteiger partial charge in [-0.2, -0.15) is 4.98 Å². The van der Waals surface area contributed by atoms with Crippen LogP contribution < -0.4 is 11.1 Å². The number of anilines is 2. The number of para-hydroxylation sites is 2. The molecule has 3 aromatic rings. The molecule has 88 valence electrons. The van der Waals surface area contributed by atoms with Gasteiger partial charge in [-0.25, -0.2) is 4.79 Å². The van der Waals surface area contributed by atoms with Gasteiger partial charge in [0.05, 0.1) is 5.39 Å². The number of aromatic nitrogens is 1. The van der Waals surface area contributed by atoms with Crippen LogP contribution in [0.3, 0.4) is 0 Å². The van der Waals surface area contributed by atoms with E-state index in [2.05, 4.69) is 10.3 Å². The number of fused-ring (bicyclic) bond motifs is 1. The number of rotatable bonds is 2. The molecule has 0 saturated carbocycles. The fourth-order valence-corrected chi connectivity index (χ4v) is 1.77. The van der Waals surface area contributed by atoms with E-state index in [0.717, 1.165) is 11.1 Å². The molecule has 0 amide bonds. The van der Waals surface area contributed by atoms with Crippen LogP contribution in [0.25, 0.3) is 11.0 Å². The number of hydrogen-bond acceptors (Lipinski definition) is 4. The Morgan fingerprint density at radius 1 is 0.944 bits per heavy atom. The van der Waals surface area contributed by atoms with E-state index in [1.807, 2.05) is 48.5 Å². The normalized spacial score (nSPS) is 10.4. The van der Waals surface area contributed by atoms with Crippen LogP contribution in [0.4, 0.5) is 11.5 Å². The topological polar surface area (TPSA) is 55.1 Å². The molecule has 0 fully saturated rings. The Morgan fingerprint density at radius 3 is 2.50 bits per heavy atom. The zero-order chi connectivity index (χ0) is 12.4. The van der Waals surface area contributed by atoms with E-state index in [4.69, 9.17) is 4.42 Å². The molecule has 0 unspecified atom stereocenters. The van der Waals surface area contributed by atoms with E-state index >= 15 is 0 Å². The maximum atomic E-state index is 11.4. The summed E-state index contributed by atoms with van der Waals surface area (Å²) in [7, 11) is 0. The lowest BCUT2D eigenvalue weighted by atomic mass is 10.2. The number of benzene rings is 2. The maximum absolute atomic E-state index is 11.4. The van der Waals surface area contributed by atoms with Crippen LogP contribution in [0.5, 0.6) is 0 Å². The highest BCUT2D eigenvalue weighted by Gasteiger charge is 2.06. The lowest BCUT2D eigenvalue weighted by Crippen LogP contribution is -2.07. The van der Waals surface area contributed by atoms with Crippen LogP contribution in [0.1, 0.15) is 0 Å². The quantitative estimate of drug-likeness (QED) is 0.745. The molecule has 1 heterocycles. The molecule has 0 saturated heterocycles. The minimum Gasteiger partial charge on any atom is -0.408 e. The van der Waals surface area contributed by atoms with Gasteiger partial charge >= 0.3 is 5.76 Å². The zero-order valence-electron chi connectivity index (χ0n) is 9.46. The van der Waals surface area contributed by atoms with E-state index < -0.39 is 5.76 Å². The third kappa shape index (κ3) is 1.96. The van der Waals surface area contributed by atoms with E-state index in [1.165, 1.54) is 0 Å². The first kappa shape index (κ1) is 10.5. The molecule has 0 spiro atoms. The lowest BCUT2D eigenvalue weighted by molar-refractivity contribution is 0.533. The second-order valence-corrected chi connectivity index (χ2v) is 3.82. The summed E-state index contributed by atoms with van der Waals surface area (Å²) in [6, 6.07) is 16.9. The first-order valence-electron chi connectivity index (χ1n) is 5.55. The molecule has 1 aromatic heterocycles. The second-order valence-electron chi connectivity index (χ2n) is 3.82. The van der Waals surface area contributed by atoms with Gasteiger partial charge in [-0.15, -0.1) is 0 Å². The van der Waals surface area contributed by atoms with Crippen molar-refractivity contribution in [3.63, 3.8) is 0 Å². The maximum Gasteiger partial charge on any atom is 0.441 e. The summed E-state index contributed by atoms with van der Waals surface area (Å²) in [6.45, 7) is 0. The van der Waals surface area contributed by atoms with E-state index in [0.29, 0.717) is 11.4 Å². The van der Waals surface area contributed by atoms with E-state index in [-0.39, 0.29) is 0 Å². The van der Waals surface area contributed by atoms with Crippen LogP contribution in [0, 0.1) is 0 Å². The van der Waals surface area contributed by atoms with Crippen molar-refractivity contribution >= 4 is 22.5 Å². The summed E-state index contributed by atoms with van der Waals surface area (Å²) >= 11 is 0. The molecule has 0 aliphatic heterocycles. The number of nitrogens with zero attached hydrogens (tertiary/aromatic N) is 1. The second kappa shape index (κ2) is 4.33. The highest BCUT2D eigenvalue weighted by atomic mass is 16.4. The third-order valence-corrected chi connectivity index (χ3v) is 2.58. The van der Waals surface area contributed by atoms with Crippen LogP contribution in [0.15, 0.2) is 63.8 Å². The molecular weight excluding hydrogens is 228 g/mol. The first-order valence-corrected chi connectivity index (χ1v) is 5.55. The molecule has 1 N–H and O–H groups in total. The van der Waals surface area contributed by atoms with Gasteiger partial charge in [0.2, 0.25) is 0 Å². The minimum absolute atomic E-state index is 0.507. The van der Waals surface area contributed by atoms with Crippen molar-refractivity contribution in [2.24, 2.45) is 0 Å². The van der Waals surface area contributed by atoms with Crippen molar-refractivity contribution < 1.29 is 4.42 Å². The van der Waals surface area contributed by atoms with Crippen molar-refractivity contribution in [2.45, 2.75) is 0 Å². The predicted molar refractivity (Wildman–Crippen MR) is 70.0 cm³/mol. The van der Waals surface area contributed by atoms with Crippen molar-refractivity contribution in [1.82, 2.24) is 4.98 Å². The molecule has 2 aromatic carbocycles. The molecule has 4 nitrogen and oxygen atoms in total. The summed E-state index contributed by atoms with van der Waals surface area (Å²) < 4.78 is 5.03. The van der Waals surface area contributed by atoms with Gasteiger partial charge in [-0.3, -0.25) is 0 Å². The van der Waals surface area contributed by atoms with Crippen molar-refractivity contribution in [3.8, 4) is 0 Å². The SMILES string of the molecule is O=c1nc(Nc2ccccc2)c2ccccc2o1. The molecule has 0 aliphatic carbocycles. The molecule has 0 atom stereocenters. The van der Waals surface area contributed by atoms with Crippen LogP contribution in [-0.2, 0) is 0 Å². The Morgan fingerprint density at radius 2 is 1.67 bits per heavy atom. The van der Waals surface area contributed by atoms with Gasteiger partial charge in [-0.1, -0.05) is 30.3 Å². The Balaban J connectivity index is 2.14. The summed E-state index contributed by atoms with van der Waals surface area (Å²) in [6.07, 6.45) is 0. The molecule has 4 heteroatoms. The average molecular weight is 238 g/mol. The lowest BCUT2D eigenvalue weighted by Gasteiger charge is -2.06. The Kier molecular flexibility index (Phi) is 2.53. The zero-order valence-corrected chi connectivity index (χ0v) is 9.46. The number of nitrogens with one attached hydrogen (secondary N) is 1. The summed E-state index contributed by atoms with van der Waals surface area (Å²) in [4.78, 5) is 15.2. The van der Waals surface area contributed by atoms with Crippen LogP contribution in [-0.4, -0.2) is 4.98 Å². The smallest absolute Gasteiger partial charge is 0.408 e. The Hall–Kier alpha value is -2.62.